The summed E-state index contributed by atoms with van der Waals surface area (Å²) in [6.07, 6.45) is -1.45. The van der Waals surface area contributed by atoms with Gasteiger partial charge >= 0.3 is 0 Å². The van der Waals surface area contributed by atoms with Gasteiger partial charge in [0, 0.05) is 26.7 Å². The second-order valence-corrected chi connectivity index (χ2v) is 8.70. The number of benzene rings is 1. The van der Waals surface area contributed by atoms with Crippen molar-refractivity contribution in [2.24, 2.45) is 0 Å². The quantitative estimate of drug-likeness (QED) is 0.536. The molecule has 1 aromatic carbocycles. The average Bonchev–Trinajstić information content (AvgIpc) is 3.45. The Hall–Kier alpha value is -2.92. The van der Waals surface area contributed by atoms with E-state index in [2.05, 4.69) is 15.3 Å². The number of anilines is 1. The summed E-state index contributed by atoms with van der Waals surface area (Å²) in [4.78, 5) is 36.1. The summed E-state index contributed by atoms with van der Waals surface area (Å²) in [5.74, 6) is -0.707. The largest absolute Gasteiger partial charge is 0.380 e. The number of hydrogen-bond acceptors (Lipinski definition) is 7. The third kappa shape index (κ3) is 4.60. The summed E-state index contributed by atoms with van der Waals surface area (Å²) in [5, 5.41) is 3.43. The van der Waals surface area contributed by atoms with Crippen molar-refractivity contribution in [3.05, 3.63) is 51.6 Å². The van der Waals surface area contributed by atoms with Crippen molar-refractivity contribution < 1.29 is 18.3 Å². The van der Waals surface area contributed by atoms with Crippen LogP contribution in [0.15, 0.2) is 29.1 Å². The number of amides is 1. The van der Waals surface area contributed by atoms with Crippen LogP contribution in [0.4, 0.5) is 13.9 Å². The number of fused-ring (bicyclic) bond motifs is 1. The molecule has 1 amide bonds. The van der Waals surface area contributed by atoms with Crippen LogP contribution in [0.2, 0.25) is 0 Å². The van der Waals surface area contributed by atoms with Gasteiger partial charge in [0.25, 0.3) is 12.0 Å². The van der Waals surface area contributed by atoms with E-state index < -0.39 is 23.9 Å². The van der Waals surface area contributed by atoms with Crippen molar-refractivity contribution >= 4 is 32.7 Å². The lowest BCUT2D eigenvalue weighted by atomic mass is 10.1. The average molecular weight is 478 g/mol. The summed E-state index contributed by atoms with van der Waals surface area (Å²) < 4.78 is 32.9. The second-order valence-electron chi connectivity index (χ2n) is 7.74. The van der Waals surface area contributed by atoms with Crippen LogP contribution in [-0.2, 0) is 29.2 Å². The fourth-order valence-corrected chi connectivity index (χ4v) is 5.12. The number of ether oxygens (including phenoxy) is 1. The molecule has 1 atom stereocenters. The van der Waals surface area contributed by atoms with Crippen LogP contribution in [0.1, 0.15) is 43.1 Å². The van der Waals surface area contributed by atoms with Gasteiger partial charge in [0.15, 0.2) is 21.3 Å². The van der Waals surface area contributed by atoms with E-state index in [4.69, 9.17) is 4.74 Å². The third-order valence-electron chi connectivity index (χ3n) is 5.72. The molecule has 2 aromatic heterocycles. The number of carbonyl (C=O) groups is 1. The minimum absolute atomic E-state index is 0.0563. The maximum Gasteiger partial charge on any atom is 0.295 e. The number of thiazole rings is 1. The Morgan fingerprint density at radius 3 is 2.76 bits per heavy atom. The predicted molar refractivity (Wildman–Crippen MR) is 122 cm³/mol. The molecule has 11 heteroatoms. The van der Waals surface area contributed by atoms with Gasteiger partial charge in [0.05, 0.1) is 6.61 Å². The summed E-state index contributed by atoms with van der Waals surface area (Å²) in [6, 6.07) is 7.28. The van der Waals surface area contributed by atoms with Crippen LogP contribution < -0.4 is 15.8 Å². The topological polar surface area (TPSA) is 89.3 Å². The molecular weight excluding hydrogens is 452 g/mol. The standard InChI is InChI=1S/C22H25F2N5O3S/c1-3-28-18(17(23)24)27-20-16(21(28)31)26-22(33-20)29-10-6-9-15(29)19(30)25-11-13-7-4-5-8-14(13)12-32-2/h4-5,7-8,15,17H,3,6,9-12H2,1-2H3,(H,25,30)/t15-/m1/s1. The molecule has 176 valence electrons. The number of methoxy groups -OCH3 is 1. The third-order valence-corrected chi connectivity index (χ3v) is 6.71. The fraction of sp³-hybridized carbons (Fsp3) is 0.455. The highest BCUT2D eigenvalue weighted by Crippen LogP contribution is 2.32. The van der Waals surface area contributed by atoms with Crippen LogP contribution in [0.25, 0.3) is 10.3 Å². The zero-order valence-electron chi connectivity index (χ0n) is 18.4. The normalized spacial score (nSPS) is 16.2. The highest BCUT2D eigenvalue weighted by atomic mass is 32.1. The zero-order valence-corrected chi connectivity index (χ0v) is 19.2. The lowest BCUT2D eigenvalue weighted by Gasteiger charge is -2.23. The van der Waals surface area contributed by atoms with Crippen molar-refractivity contribution in [1.82, 2.24) is 19.9 Å². The maximum absolute atomic E-state index is 13.4. The van der Waals surface area contributed by atoms with Crippen molar-refractivity contribution in [2.75, 3.05) is 18.6 Å². The van der Waals surface area contributed by atoms with Gasteiger partial charge in [-0.1, -0.05) is 35.6 Å². The van der Waals surface area contributed by atoms with Crippen molar-refractivity contribution in [3.63, 3.8) is 0 Å². The van der Waals surface area contributed by atoms with Crippen LogP contribution in [0.5, 0.6) is 0 Å². The molecule has 3 heterocycles. The van der Waals surface area contributed by atoms with E-state index in [0.29, 0.717) is 31.2 Å². The number of alkyl halides is 2. The molecule has 0 saturated carbocycles. The van der Waals surface area contributed by atoms with Gasteiger partial charge in [0.2, 0.25) is 5.91 Å². The molecule has 1 aliphatic heterocycles. The highest BCUT2D eigenvalue weighted by Gasteiger charge is 2.33. The van der Waals surface area contributed by atoms with Crippen LogP contribution in [-0.4, -0.2) is 40.1 Å². The first-order valence-electron chi connectivity index (χ1n) is 10.7. The molecule has 1 saturated heterocycles. The minimum Gasteiger partial charge on any atom is -0.380 e. The Kier molecular flexibility index (Phi) is 6.99. The smallest absolute Gasteiger partial charge is 0.295 e. The van der Waals surface area contributed by atoms with Crippen LogP contribution in [0, 0.1) is 0 Å². The number of nitrogens with zero attached hydrogens (tertiary/aromatic N) is 4. The molecule has 4 rings (SSSR count). The molecule has 33 heavy (non-hydrogen) atoms. The van der Waals surface area contributed by atoms with Gasteiger partial charge in [-0.15, -0.1) is 0 Å². The Balaban J connectivity index is 1.56. The molecule has 0 spiro atoms. The summed E-state index contributed by atoms with van der Waals surface area (Å²) >= 11 is 1.06. The zero-order chi connectivity index (χ0) is 23.5. The first kappa shape index (κ1) is 23.2. The van der Waals surface area contributed by atoms with Crippen molar-refractivity contribution in [2.45, 2.75) is 51.9 Å². The molecule has 1 N–H and O–H groups in total. The fourth-order valence-electron chi connectivity index (χ4n) is 4.10. The summed E-state index contributed by atoms with van der Waals surface area (Å²) in [7, 11) is 1.62. The van der Waals surface area contributed by atoms with E-state index in [-0.39, 0.29) is 22.8 Å². The number of nitrogens with one attached hydrogen (secondary N) is 1. The maximum atomic E-state index is 13.4. The highest BCUT2D eigenvalue weighted by molar-refractivity contribution is 7.21. The van der Waals surface area contributed by atoms with E-state index in [1.54, 1.807) is 14.0 Å². The van der Waals surface area contributed by atoms with E-state index in [9.17, 15) is 18.4 Å². The SMILES string of the molecule is CCn1c(C(F)F)nc2sc(N3CCC[C@@H]3C(=O)NCc3ccccc3COC)nc2c1=O. The number of rotatable bonds is 8. The van der Waals surface area contributed by atoms with E-state index in [1.165, 1.54) is 0 Å². The van der Waals surface area contributed by atoms with Gasteiger partial charge in [-0.3, -0.25) is 14.2 Å². The molecule has 0 bridgehead atoms. The number of hydrogen-bond donors (Lipinski definition) is 1. The molecule has 8 nitrogen and oxygen atoms in total. The van der Waals surface area contributed by atoms with Gasteiger partial charge in [0.1, 0.15) is 6.04 Å². The van der Waals surface area contributed by atoms with E-state index in [1.807, 2.05) is 29.2 Å². The van der Waals surface area contributed by atoms with E-state index in [0.717, 1.165) is 33.5 Å². The molecule has 0 unspecified atom stereocenters. The first-order valence-corrected chi connectivity index (χ1v) is 11.6. The number of halogens is 2. The Morgan fingerprint density at radius 1 is 1.30 bits per heavy atom. The molecule has 0 aliphatic carbocycles. The second kappa shape index (κ2) is 9.92. The summed E-state index contributed by atoms with van der Waals surface area (Å²) in [5.41, 5.74) is 1.44. The molecule has 0 radical (unpaired) electrons. The van der Waals surface area contributed by atoms with Gasteiger partial charge < -0.3 is 15.0 Å². The Labute approximate surface area is 193 Å². The van der Waals surface area contributed by atoms with Crippen molar-refractivity contribution in [3.8, 4) is 0 Å². The van der Waals surface area contributed by atoms with Gasteiger partial charge in [-0.2, -0.15) is 0 Å². The van der Waals surface area contributed by atoms with Crippen molar-refractivity contribution in [1.29, 1.82) is 0 Å². The minimum atomic E-state index is -2.86. The number of aromatic nitrogens is 3. The monoisotopic (exact) mass is 477 g/mol. The molecule has 3 aromatic rings. The first-order chi connectivity index (χ1) is 15.9. The Bertz CT molecular complexity index is 1210. The lowest BCUT2D eigenvalue weighted by Crippen LogP contribution is -2.43. The molecule has 1 aliphatic rings. The molecular formula is C22H25F2N5O3S. The summed E-state index contributed by atoms with van der Waals surface area (Å²) in [6.45, 7) is 3.09. The predicted octanol–water partition coefficient (Wildman–Crippen LogP) is 3.24. The van der Waals surface area contributed by atoms with E-state index >= 15 is 0 Å². The van der Waals surface area contributed by atoms with Crippen LogP contribution >= 0.6 is 11.3 Å². The van der Waals surface area contributed by atoms with Gasteiger partial charge in [-0.25, -0.2) is 18.7 Å². The number of carbonyl (C=O) groups excluding carboxylic acids is 1. The lowest BCUT2D eigenvalue weighted by molar-refractivity contribution is -0.122. The Morgan fingerprint density at radius 2 is 2.06 bits per heavy atom. The van der Waals surface area contributed by atoms with Crippen LogP contribution in [0.3, 0.4) is 0 Å². The van der Waals surface area contributed by atoms with Gasteiger partial charge in [-0.05, 0) is 30.9 Å². The molecule has 1 fully saturated rings.